The molecule has 0 aliphatic heterocycles. The third-order valence-corrected chi connectivity index (χ3v) is 5.40. The number of hydrogen-bond acceptors (Lipinski definition) is 4. The number of rotatable bonds is 6. The van der Waals surface area contributed by atoms with Gasteiger partial charge in [-0.15, -0.1) is 5.11 Å². The largest absolute Gasteiger partial charge is 0.229 e. The monoisotopic (exact) mass is 349 g/mol. The predicted octanol–water partition coefficient (Wildman–Crippen LogP) is 6.38. The van der Waals surface area contributed by atoms with Crippen LogP contribution in [0.2, 0.25) is 0 Å². The van der Waals surface area contributed by atoms with Crippen LogP contribution in [-0.4, -0.2) is 11.0 Å². The second-order valence-corrected chi connectivity index (χ2v) is 7.32. The molecule has 25 heavy (non-hydrogen) atoms. The fraction of sp³-hybridized carbons (Fsp3) is 0.286. The molecule has 3 nitrogen and oxygen atoms in total. The second kappa shape index (κ2) is 7.70. The quantitative estimate of drug-likeness (QED) is 0.476. The van der Waals surface area contributed by atoms with Crippen LogP contribution in [0.25, 0.3) is 0 Å². The Morgan fingerprint density at radius 3 is 2.00 bits per heavy atom. The third-order valence-electron chi connectivity index (χ3n) is 4.35. The van der Waals surface area contributed by atoms with Crippen molar-refractivity contribution in [1.29, 1.82) is 0 Å². The van der Waals surface area contributed by atoms with Crippen LogP contribution in [0.15, 0.2) is 77.1 Å². The van der Waals surface area contributed by atoms with Gasteiger partial charge in [0.1, 0.15) is 0 Å². The smallest absolute Gasteiger partial charge is 0.225 e. The summed E-state index contributed by atoms with van der Waals surface area (Å²) in [6.07, 6.45) is 2.91. The first-order chi connectivity index (χ1) is 12.2. The van der Waals surface area contributed by atoms with Crippen LogP contribution < -0.4 is 0 Å². The highest BCUT2D eigenvalue weighted by Crippen LogP contribution is 2.45. The maximum absolute atomic E-state index is 4.51. The van der Waals surface area contributed by atoms with Crippen molar-refractivity contribution in [3.05, 3.63) is 82.9 Å². The average molecular weight is 350 g/mol. The molecule has 0 N–H and O–H groups in total. The van der Waals surface area contributed by atoms with E-state index in [0.717, 1.165) is 6.42 Å². The Bertz CT molecular complexity index is 783. The van der Waals surface area contributed by atoms with Crippen molar-refractivity contribution in [2.75, 3.05) is 0 Å². The molecule has 0 unspecified atom stereocenters. The molecule has 0 atom stereocenters. The van der Waals surface area contributed by atoms with E-state index >= 15 is 0 Å². The molecule has 0 saturated heterocycles. The van der Waals surface area contributed by atoms with Gasteiger partial charge in [0.05, 0.1) is 11.5 Å². The minimum absolute atomic E-state index is 0.173. The number of hydrogen-bond donors (Lipinski definition) is 0. The van der Waals surface area contributed by atoms with Crippen LogP contribution >= 0.6 is 11.3 Å². The molecule has 1 heterocycles. The molecule has 3 aromatic rings. The lowest BCUT2D eigenvalue weighted by Crippen LogP contribution is -2.27. The first-order valence-corrected chi connectivity index (χ1v) is 9.46. The van der Waals surface area contributed by atoms with Gasteiger partial charge in [-0.25, -0.2) is 4.98 Å². The van der Waals surface area contributed by atoms with Crippen LogP contribution in [0.1, 0.15) is 43.2 Å². The maximum Gasteiger partial charge on any atom is 0.229 e. The molecule has 0 aliphatic rings. The molecule has 0 radical (unpaired) electrons. The first-order valence-electron chi connectivity index (χ1n) is 8.65. The van der Waals surface area contributed by atoms with Gasteiger partial charge in [-0.1, -0.05) is 78.9 Å². The lowest BCUT2D eigenvalue weighted by Gasteiger charge is -2.33. The van der Waals surface area contributed by atoms with E-state index in [4.69, 9.17) is 0 Å². The Balaban J connectivity index is 2.15. The van der Waals surface area contributed by atoms with Crippen molar-refractivity contribution in [2.45, 2.75) is 38.6 Å². The lowest BCUT2D eigenvalue weighted by atomic mass is 9.71. The van der Waals surface area contributed by atoms with Crippen molar-refractivity contribution in [3.8, 4) is 0 Å². The van der Waals surface area contributed by atoms with Crippen molar-refractivity contribution in [3.63, 3.8) is 0 Å². The van der Waals surface area contributed by atoms with E-state index in [0.29, 0.717) is 5.13 Å². The Hall–Kier alpha value is -2.33. The number of thiazole rings is 1. The van der Waals surface area contributed by atoms with E-state index < -0.39 is 0 Å². The van der Waals surface area contributed by atoms with Gasteiger partial charge in [-0.05, 0) is 31.4 Å². The molecule has 0 aliphatic carbocycles. The van der Waals surface area contributed by atoms with Gasteiger partial charge in [-0.3, -0.25) is 0 Å². The van der Waals surface area contributed by atoms with Crippen LogP contribution in [0.5, 0.6) is 0 Å². The summed E-state index contributed by atoms with van der Waals surface area (Å²) in [7, 11) is 0. The van der Waals surface area contributed by atoms with Gasteiger partial charge in [0.25, 0.3) is 0 Å². The Morgan fingerprint density at radius 1 is 0.960 bits per heavy atom. The van der Waals surface area contributed by atoms with Crippen LogP contribution in [0.3, 0.4) is 0 Å². The summed E-state index contributed by atoms with van der Waals surface area (Å²) in [6, 6.07) is 21.5. The molecule has 0 amide bonds. The zero-order chi connectivity index (χ0) is 17.7. The Kier molecular flexibility index (Phi) is 5.39. The zero-order valence-corrected chi connectivity index (χ0v) is 15.7. The Labute approximate surface area is 153 Å². The summed E-state index contributed by atoms with van der Waals surface area (Å²) in [5.41, 5.74) is 2.34. The van der Waals surface area contributed by atoms with Crippen LogP contribution in [0.4, 0.5) is 5.13 Å². The van der Waals surface area contributed by atoms with E-state index in [-0.39, 0.29) is 11.5 Å². The molecule has 0 saturated carbocycles. The van der Waals surface area contributed by atoms with E-state index in [1.54, 1.807) is 11.3 Å². The number of nitrogens with zero attached hydrogens (tertiary/aromatic N) is 3. The molecular formula is C21H23N3S. The number of benzene rings is 2. The van der Waals surface area contributed by atoms with Crippen molar-refractivity contribution in [1.82, 2.24) is 4.98 Å². The second-order valence-electron chi connectivity index (χ2n) is 6.31. The summed E-state index contributed by atoms with van der Waals surface area (Å²) in [6.45, 7) is 6.26. The molecule has 0 bridgehead atoms. The minimum Gasteiger partial charge on any atom is -0.225 e. The van der Waals surface area contributed by atoms with Gasteiger partial charge in [0, 0.05) is 11.1 Å². The molecule has 128 valence electrons. The highest BCUT2D eigenvalue weighted by atomic mass is 32.1. The topological polar surface area (TPSA) is 37.6 Å². The Morgan fingerprint density at radius 2 is 1.52 bits per heavy atom. The SMILES string of the molecule is CCC(c1ccccc1)(c1ccccc1)c1cnc(N=NC(C)C)s1. The molecule has 4 heteroatoms. The average Bonchev–Trinajstić information content (AvgIpc) is 3.12. The van der Waals surface area contributed by atoms with Crippen molar-refractivity contribution in [2.24, 2.45) is 10.2 Å². The standard InChI is InChI=1S/C21H23N3S/c1-4-21(17-11-7-5-8-12-17,18-13-9-6-10-14-18)19-15-22-20(25-19)24-23-16(2)3/h5-16H,4H2,1-3H3. The van der Waals surface area contributed by atoms with Gasteiger partial charge in [-0.2, -0.15) is 5.11 Å². The molecule has 3 rings (SSSR count). The fourth-order valence-corrected chi connectivity index (χ4v) is 4.20. The summed E-state index contributed by atoms with van der Waals surface area (Å²) in [5.74, 6) is 0. The van der Waals surface area contributed by atoms with E-state index in [2.05, 4.69) is 82.8 Å². The van der Waals surface area contributed by atoms with E-state index in [1.807, 2.05) is 20.0 Å². The third kappa shape index (κ3) is 3.54. The first kappa shape index (κ1) is 17.5. The normalized spacial score (nSPS) is 12.2. The number of azo groups is 1. The van der Waals surface area contributed by atoms with E-state index in [1.165, 1.54) is 16.0 Å². The molecule has 0 spiro atoms. The summed E-state index contributed by atoms with van der Waals surface area (Å²) in [5, 5.41) is 9.24. The molecule has 0 fully saturated rings. The minimum atomic E-state index is -0.216. The molecule has 2 aromatic carbocycles. The van der Waals surface area contributed by atoms with Crippen molar-refractivity contribution < 1.29 is 0 Å². The summed E-state index contributed by atoms with van der Waals surface area (Å²) in [4.78, 5) is 5.71. The molecular weight excluding hydrogens is 326 g/mol. The predicted molar refractivity (Wildman–Crippen MR) is 105 cm³/mol. The van der Waals surface area contributed by atoms with Gasteiger partial charge in [0.2, 0.25) is 5.13 Å². The highest BCUT2D eigenvalue weighted by Gasteiger charge is 2.36. The van der Waals surface area contributed by atoms with Gasteiger partial charge in [0.15, 0.2) is 0 Å². The van der Waals surface area contributed by atoms with E-state index in [9.17, 15) is 0 Å². The maximum atomic E-state index is 4.51. The number of aromatic nitrogens is 1. The van der Waals surface area contributed by atoms with Gasteiger partial charge >= 0.3 is 0 Å². The van der Waals surface area contributed by atoms with Crippen LogP contribution in [0, 0.1) is 0 Å². The van der Waals surface area contributed by atoms with Crippen molar-refractivity contribution >= 4 is 16.5 Å². The molecule has 1 aromatic heterocycles. The van der Waals surface area contributed by atoms with Crippen LogP contribution in [-0.2, 0) is 5.41 Å². The lowest BCUT2D eigenvalue weighted by molar-refractivity contribution is 0.604. The van der Waals surface area contributed by atoms with Gasteiger partial charge < -0.3 is 0 Å². The summed E-state index contributed by atoms with van der Waals surface area (Å²) < 4.78 is 0. The fourth-order valence-electron chi connectivity index (χ4n) is 3.15. The summed E-state index contributed by atoms with van der Waals surface area (Å²) >= 11 is 1.62. The zero-order valence-electron chi connectivity index (χ0n) is 14.9. The highest BCUT2D eigenvalue weighted by molar-refractivity contribution is 7.15.